The predicted octanol–water partition coefficient (Wildman–Crippen LogP) is -2.58. The number of amidine groups is 1. The van der Waals surface area contributed by atoms with Crippen molar-refractivity contribution in [2.75, 3.05) is 28.2 Å². The molecule has 0 saturated heterocycles. The van der Waals surface area contributed by atoms with E-state index in [4.69, 9.17) is 11.6 Å². The van der Waals surface area contributed by atoms with Gasteiger partial charge in [-0.05, 0) is 0 Å². The van der Waals surface area contributed by atoms with Gasteiger partial charge in [0.25, 0.3) is 0 Å². The van der Waals surface area contributed by atoms with Crippen molar-refractivity contribution in [2.45, 2.75) is 0 Å². The third kappa shape index (κ3) is 4.96. The van der Waals surface area contributed by atoms with E-state index < -0.39 is 0 Å². The Bertz CT molecular complexity index is 108. The Morgan fingerprint density at radius 1 is 1.33 bits per heavy atom. The summed E-state index contributed by atoms with van der Waals surface area (Å²) in [6, 6.07) is 0. The lowest BCUT2D eigenvalue weighted by atomic mass is 10.9. The van der Waals surface area contributed by atoms with Crippen LogP contribution in [-0.2, 0) is 0 Å². The molecule has 0 aromatic heterocycles. The Balaban J connectivity index is 0. The molecule has 0 aromatic rings. The van der Waals surface area contributed by atoms with Gasteiger partial charge in [0, 0.05) is 11.6 Å². The second kappa shape index (κ2) is 5.29. The summed E-state index contributed by atoms with van der Waals surface area (Å²) in [5.41, 5.74) is 0. The molecule has 2 nitrogen and oxygen atoms in total. The monoisotopic (exact) mass is 262 g/mol. The molecule has 0 fully saturated rings. The smallest absolute Gasteiger partial charge is 0.344 e. The summed E-state index contributed by atoms with van der Waals surface area (Å²) >= 11 is 5.72. The number of hydrogen-bond donors (Lipinski definition) is 0. The molecule has 0 N–H and O–H groups in total. The Morgan fingerprint density at radius 3 is 1.67 bits per heavy atom. The zero-order chi connectivity index (χ0) is 6.73. The first-order valence-electron chi connectivity index (χ1n) is 2.43. The van der Waals surface area contributed by atoms with Gasteiger partial charge in [0.1, 0.15) is 0 Å². The Hall–Kier alpha value is 0.490. The molecule has 9 heavy (non-hydrogen) atoms. The Kier molecular flexibility index (Phi) is 7.16. The molecule has 0 aliphatic rings. The summed E-state index contributed by atoms with van der Waals surface area (Å²) in [6.07, 6.45) is 0. The van der Waals surface area contributed by atoms with E-state index in [9.17, 15) is 0 Å². The quantitative estimate of drug-likeness (QED) is 0.153. The summed E-state index contributed by atoms with van der Waals surface area (Å²) in [5.74, 6) is 0. The summed E-state index contributed by atoms with van der Waals surface area (Å²) in [4.78, 5) is 1.85. The van der Waals surface area contributed by atoms with Crippen molar-refractivity contribution < 1.29 is 28.6 Å². The molecule has 0 aliphatic heterocycles. The minimum absolute atomic E-state index is 0. The van der Waals surface area contributed by atoms with Crippen LogP contribution in [0, 0.1) is 0 Å². The molecule has 0 rings (SSSR count). The van der Waals surface area contributed by atoms with Gasteiger partial charge in [-0.25, -0.2) is 0 Å². The van der Waals surface area contributed by atoms with Crippen LogP contribution in [0.5, 0.6) is 0 Å². The van der Waals surface area contributed by atoms with Crippen LogP contribution in [0.1, 0.15) is 0 Å². The maximum absolute atomic E-state index is 5.72. The molecule has 4 heteroatoms. The largest absolute Gasteiger partial charge is 1.00 e. The topological polar surface area (TPSA) is 6.25 Å². The minimum atomic E-state index is 0. The van der Waals surface area contributed by atoms with Crippen molar-refractivity contribution in [3.8, 4) is 0 Å². The molecule has 56 valence electrons. The minimum Gasteiger partial charge on any atom is -1.00 e. The average Bonchev–Trinajstić information content (AvgIpc) is 1.64. The predicted molar refractivity (Wildman–Crippen MR) is 36.7 cm³/mol. The molecule has 0 amide bonds. The molecule has 0 atom stereocenters. The number of hydrogen-bond acceptors (Lipinski definition) is 0. The third-order valence-corrected chi connectivity index (χ3v) is 1.41. The number of rotatable bonds is 0. The highest BCUT2D eigenvalue weighted by atomic mass is 127. The fraction of sp³-hybridized carbons (Fsp3) is 0.800. The maximum atomic E-state index is 5.72. The highest BCUT2D eigenvalue weighted by molar-refractivity contribution is 6.62. The molecule has 0 unspecified atom stereocenters. The Morgan fingerprint density at radius 2 is 1.67 bits per heavy atom. The van der Waals surface area contributed by atoms with Crippen molar-refractivity contribution in [3.63, 3.8) is 0 Å². The van der Waals surface area contributed by atoms with E-state index in [1.54, 1.807) is 0 Å². The maximum Gasteiger partial charge on any atom is 0.344 e. The van der Waals surface area contributed by atoms with Gasteiger partial charge in [-0.15, -0.1) is 0 Å². The first-order valence-corrected chi connectivity index (χ1v) is 2.80. The highest BCUT2D eigenvalue weighted by Crippen LogP contribution is 1.85. The van der Waals surface area contributed by atoms with E-state index in [1.165, 1.54) is 0 Å². The van der Waals surface area contributed by atoms with Crippen LogP contribution in [0.25, 0.3) is 0 Å². The fourth-order valence-corrected chi connectivity index (χ4v) is 0.400. The molecule has 0 bridgehead atoms. The van der Waals surface area contributed by atoms with Crippen LogP contribution >= 0.6 is 11.6 Å². The molecule has 0 spiro atoms. The van der Waals surface area contributed by atoms with Crippen molar-refractivity contribution in [1.29, 1.82) is 0 Å². The van der Waals surface area contributed by atoms with Gasteiger partial charge in [-0.2, -0.15) is 0 Å². The average molecular weight is 263 g/mol. The molecule has 0 heterocycles. The zero-order valence-electron chi connectivity index (χ0n) is 6.15. The van der Waals surface area contributed by atoms with Crippen LogP contribution in [0.3, 0.4) is 0 Å². The standard InChI is InChI=1S/C5H12ClN2.HI/c1-7(2)5(6)8(3)4;/h1-4H3;1H/q+1;/p-1. The number of nitrogens with zero attached hydrogens (tertiary/aromatic N) is 2. The fourth-order valence-electron chi connectivity index (χ4n) is 0.400. The van der Waals surface area contributed by atoms with Crippen LogP contribution in [-0.4, -0.2) is 43.0 Å². The molecule has 0 aliphatic carbocycles. The van der Waals surface area contributed by atoms with Crippen LogP contribution in [0.15, 0.2) is 0 Å². The highest BCUT2D eigenvalue weighted by Gasteiger charge is 2.03. The first kappa shape index (κ1) is 12.2. The number of halogens is 2. The van der Waals surface area contributed by atoms with Crippen LogP contribution in [0.2, 0.25) is 0 Å². The molecular formula is C5H12ClIN2. The second-order valence-corrected chi connectivity index (χ2v) is 2.40. The van der Waals surface area contributed by atoms with Crippen molar-refractivity contribution >= 4 is 16.9 Å². The molecular weight excluding hydrogens is 250 g/mol. The van der Waals surface area contributed by atoms with Gasteiger partial charge < -0.3 is 24.0 Å². The van der Waals surface area contributed by atoms with Crippen LogP contribution in [0.4, 0.5) is 0 Å². The second-order valence-electron chi connectivity index (χ2n) is 2.06. The lowest BCUT2D eigenvalue weighted by molar-refractivity contribution is -0.466. The van der Waals surface area contributed by atoms with E-state index in [0.717, 1.165) is 5.29 Å². The first-order chi connectivity index (χ1) is 3.55. The lowest BCUT2D eigenvalue weighted by Gasteiger charge is -2.02. The normalized spacial score (nSPS) is 7.67. The van der Waals surface area contributed by atoms with Gasteiger partial charge in [0.15, 0.2) is 0 Å². The van der Waals surface area contributed by atoms with Crippen molar-refractivity contribution in [1.82, 2.24) is 4.90 Å². The molecule has 0 aromatic carbocycles. The SMILES string of the molecule is CN(C)C(Cl)=[N+](C)C.[I-]. The van der Waals surface area contributed by atoms with Gasteiger partial charge >= 0.3 is 5.29 Å². The summed E-state index contributed by atoms with van der Waals surface area (Å²) in [6.45, 7) is 0. The zero-order valence-corrected chi connectivity index (χ0v) is 9.06. The lowest BCUT2D eigenvalue weighted by Crippen LogP contribution is -3.00. The van der Waals surface area contributed by atoms with E-state index in [0.29, 0.717) is 0 Å². The summed E-state index contributed by atoms with van der Waals surface area (Å²) in [7, 11) is 7.62. The van der Waals surface area contributed by atoms with Gasteiger partial charge in [-0.1, -0.05) is 0 Å². The molecule has 0 radical (unpaired) electrons. The van der Waals surface area contributed by atoms with Crippen LogP contribution < -0.4 is 24.0 Å². The van der Waals surface area contributed by atoms with E-state index in [1.807, 2.05) is 37.7 Å². The van der Waals surface area contributed by atoms with Crippen molar-refractivity contribution in [3.05, 3.63) is 0 Å². The third-order valence-electron chi connectivity index (χ3n) is 0.738. The van der Waals surface area contributed by atoms with E-state index >= 15 is 0 Å². The molecule has 0 saturated carbocycles. The summed E-state index contributed by atoms with van der Waals surface area (Å²) in [5, 5.41) is 0.741. The summed E-state index contributed by atoms with van der Waals surface area (Å²) < 4.78 is 1.85. The Labute approximate surface area is 78.5 Å². The van der Waals surface area contributed by atoms with Crippen molar-refractivity contribution in [2.24, 2.45) is 0 Å². The van der Waals surface area contributed by atoms with Gasteiger partial charge in [-0.3, -0.25) is 9.48 Å². The van der Waals surface area contributed by atoms with Gasteiger partial charge in [0.05, 0.1) is 28.2 Å². The van der Waals surface area contributed by atoms with Gasteiger partial charge in [0.2, 0.25) is 0 Å². The van der Waals surface area contributed by atoms with E-state index in [-0.39, 0.29) is 24.0 Å². The van der Waals surface area contributed by atoms with E-state index in [2.05, 4.69) is 0 Å².